The maximum atomic E-state index is 13.0. The molecule has 2 rings (SSSR count). The molecule has 1 atom stereocenters. The van der Waals surface area contributed by atoms with Crippen molar-refractivity contribution < 1.29 is 17.2 Å². The Morgan fingerprint density at radius 2 is 2.05 bits per heavy atom. The van der Waals surface area contributed by atoms with E-state index in [1.807, 2.05) is 0 Å². The van der Waals surface area contributed by atoms with E-state index in [9.17, 15) is 17.2 Å². The molecule has 0 aliphatic carbocycles. The molecule has 1 aliphatic heterocycles. The molecule has 0 aromatic heterocycles. The molecule has 1 aromatic rings. The molecule has 20 heavy (non-hydrogen) atoms. The van der Waals surface area contributed by atoms with Gasteiger partial charge in [-0.05, 0) is 37.1 Å². The quantitative estimate of drug-likeness (QED) is 0.867. The third kappa shape index (κ3) is 4.50. The van der Waals surface area contributed by atoms with E-state index in [1.54, 1.807) is 0 Å². The zero-order valence-corrected chi connectivity index (χ0v) is 11.8. The molecule has 0 amide bonds. The van der Waals surface area contributed by atoms with Crippen LogP contribution in [0.5, 0.6) is 0 Å². The first-order valence-corrected chi connectivity index (χ1v) is 8.26. The number of halogens is 2. The van der Waals surface area contributed by atoms with Gasteiger partial charge in [-0.2, -0.15) is 0 Å². The van der Waals surface area contributed by atoms with E-state index in [2.05, 4.69) is 10.0 Å². The normalized spacial score (nSPS) is 20.0. The minimum absolute atomic E-state index is 0.0106. The molecule has 0 radical (unpaired) electrons. The smallest absolute Gasteiger partial charge is 0.213 e. The Hall–Kier alpha value is -1.05. The predicted molar refractivity (Wildman–Crippen MR) is 72.6 cm³/mol. The van der Waals surface area contributed by atoms with Gasteiger partial charge in [0.05, 0.1) is 5.75 Å². The standard InChI is InChI=1S/C13H18F2N2O2S/c14-12-5-4-10(7-13(12)15)8-17-20(18,19)9-11-3-1-2-6-16-11/h4-5,7,11,16-17H,1-3,6,8-9H2. The molecule has 112 valence electrons. The van der Waals surface area contributed by atoms with Crippen molar-refractivity contribution in [3.8, 4) is 0 Å². The van der Waals surface area contributed by atoms with E-state index in [0.717, 1.165) is 37.9 Å². The maximum Gasteiger partial charge on any atom is 0.213 e. The van der Waals surface area contributed by atoms with Crippen molar-refractivity contribution in [2.45, 2.75) is 31.8 Å². The Labute approximate surface area is 117 Å². The van der Waals surface area contributed by atoms with Crippen LogP contribution in [0.2, 0.25) is 0 Å². The highest BCUT2D eigenvalue weighted by molar-refractivity contribution is 7.89. The SMILES string of the molecule is O=S(=O)(CC1CCCCN1)NCc1ccc(F)c(F)c1. The van der Waals surface area contributed by atoms with E-state index < -0.39 is 21.7 Å². The second-order valence-corrected chi connectivity index (χ2v) is 6.85. The lowest BCUT2D eigenvalue weighted by Crippen LogP contribution is -2.42. The Balaban J connectivity index is 1.89. The minimum Gasteiger partial charge on any atom is -0.313 e. The molecule has 0 saturated carbocycles. The molecule has 4 nitrogen and oxygen atoms in total. The van der Waals surface area contributed by atoms with Gasteiger partial charge in [0.15, 0.2) is 11.6 Å². The van der Waals surface area contributed by atoms with Crippen molar-refractivity contribution in [1.29, 1.82) is 0 Å². The summed E-state index contributed by atoms with van der Waals surface area (Å²) in [4.78, 5) is 0. The average molecular weight is 304 g/mol. The van der Waals surface area contributed by atoms with Crippen LogP contribution in [0.25, 0.3) is 0 Å². The zero-order chi connectivity index (χ0) is 14.6. The van der Waals surface area contributed by atoms with Gasteiger partial charge in [0.1, 0.15) is 0 Å². The summed E-state index contributed by atoms with van der Waals surface area (Å²) < 4.78 is 52.0. The summed E-state index contributed by atoms with van der Waals surface area (Å²) in [7, 11) is -3.43. The van der Waals surface area contributed by atoms with Crippen molar-refractivity contribution in [2.75, 3.05) is 12.3 Å². The molecule has 1 aromatic carbocycles. The largest absolute Gasteiger partial charge is 0.313 e. The predicted octanol–water partition coefficient (Wildman–Crippen LogP) is 1.53. The second kappa shape index (κ2) is 6.60. The molecule has 1 aliphatic rings. The lowest BCUT2D eigenvalue weighted by molar-refractivity contribution is 0.422. The van der Waals surface area contributed by atoms with Crippen LogP contribution in [0, 0.1) is 11.6 Å². The van der Waals surface area contributed by atoms with Crippen LogP contribution >= 0.6 is 0 Å². The molecule has 1 fully saturated rings. The number of hydrogen-bond donors (Lipinski definition) is 2. The van der Waals surface area contributed by atoms with Gasteiger partial charge < -0.3 is 5.32 Å². The molecule has 2 N–H and O–H groups in total. The number of sulfonamides is 1. The molecule has 1 unspecified atom stereocenters. The summed E-state index contributed by atoms with van der Waals surface area (Å²) in [6.07, 6.45) is 2.93. The number of piperidine rings is 1. The van der Waals surface area contributed by atoms with Crippen LogP contribution in [0.3, 0.4) is 0 Å². The monoisotopic (exact) mass is 304 g/mol. The molecule has 0 bridgehead atoms. The van der Waals surface area contributed by atoms with Crippen molar-refractivity contribution >= 4 is 10.0 Å². The van der Waals surface area contributed by atoms with Crippen LogP contribution in [0.15, 0.2) is 18.2 Å². The van der Waals surface area contributed by atoms with Gasteiger partial charge in [-0.3, -0.25) is 0 Å². The highest BCUT2D eigenvalue weighted by Crippen LogP contribution is 2.11. The Morgan fingerprint density at radius 1 is 1.25 bits per heavy atom. The third-order valence-electron chi connectivity index (χ3n) is 3.31. The highest BCUT2D eigenvalue weighted by Gasteiger charge is 2.20. The van der Waals surface area contributed by atoms with Gasteiger partial charge in [0.25, 0.3) is 0 Å². The second-order valence-electron chi connectivity index (χ2n) is 5.00. The molecule has 1 heterocycles. The van der Waals surface area contributed by atoms with Gasteiger partial charge >= 0.3 is 0 Å². The number of rotatable bonds is 5. The van der Waals surface area contributed by atoms with Crippen molar-refractivity contribution in [3.05, 3.63) is 35.4 Å². The lowest BCUT2D eigenvalue weighted by Gasteiger charge is -2.23. The fraction of sp³-hybridized carbons (Fsp3) is 0.538. The topological polar surface area (TPSA) is 58.2 Å². The van der Waals surface area contributed by atoms with Crippen LogP contribution < -0.4 is 10.0 Å². The van der Waals surface area contributed by atoms with Gasteiger partial charge in [0.2, 0.25) is 10.0 Å². The summed E-state index contributed by atoms with van der Waals surface area (Å²) in [6, 6.07) is 3.31. The first-order chi connectivity index (χ1) is 9.46. The van der Waals surface area contributed by atoms with Gasteiger partial charge in [0, 0.05) is 12.6 Å². The Kier molecular flexibility index (Phi) is 5.06. The summed E-state index contributed by atoms with van der Waals surface area (Å²) in [5, 5.41) is 3.16. The summed E-state index contributed by atoms with van der Waals surface area (Å²) in [6.45, 7) is 0.801. The van der Waals surface area contributed by atoms with Crippen LogP contribution in [-0.2, 0) is 16.6 Å². The minimum atomic E-state index is -3.43. The number of benzene rings is 1. The molecule has 1 saturated heterocycles. The molecule has 7 heteroatoms. The maximum absolute atomic E-state index is 13.0. The van der Waals surface area contributed by atoms with Gasteiger partial charge in [-0.15, -0.1) is 0 Å². The van der Waals surface area contributed by atoms with E-state index in [0.29, 0.717) is 5.56 Å². The van der Waals surface area contributed by atoms with Crippen LogP contribution in [-0.4, -0.2) is 26.8 Å². The fourth-order valence-electron chi connectivity index (χ4n) is 2.23. The lowest BCUT2D eigenvalue weighted by atomic mass is 10.1. The summed E-state index contributed by atoms with van der Waals surface area (Å²) >= 11 is 0. The first kappa shape index (κ1) is 15.3. The van der Waals surface area contributed by atoms with E-state index in [1.165, 1.54) is 6.07 Å². The molecular formula is C13H18F2N2O2S. The molecular weight excluding hydrogens is 286 g/mol. The first-order valence-electron chi connectivity index (χ1n) is 6.61. The van der Waals surface area contributed by atoms with Crippen molar-refractivity contribution in [3.63, 3.8) is 0 Å². The van der Waals surface area contributed by atoms with Gasteiger partial charge in [-0.1, -0.05) is 12.5 Å². The number of hydrogen-bond acceptors (Lipinski definition) is 3. The van der Waals surface area contributed by atoms with E-state index in [4.69, 9.17) is 0 Å². The van der Waals surface area contributed by atoms with Gasteiger partial charge in [-0.25, -0.2) is 21.9 Å². The van der Waals surface area contributed by atoms with E-state index in [-0.39, 0.29) is 18.3 Å². The summed E-state index contributed by atoms with van der Waals surface area (Å²) in [5.74, 6) is -1.91. The summed E-state index contributed by atoms with van der Waals surface area (Å²) in [5.41, 5.74) is 0.393. The number of nitrogens with one attached hydrogen (secondary N) is 2. The fourth-order valence-corrected chi connectivity index (χ4v) is 3.55. The Bertz CT molecular complexity index is 557. The van der Waals surface area contributed by atoms with Crippen molar-refractivity contribution in [1.82, 2.24) is 10.0 Å². The van der Waals surface area contributed by atoms with Crippen LogP contribution in [0.1, 0.15) is 24.8 Å². The van der Waals surface area contributed by atoms with E-state index >= 15 is 0 Å². The van der Waals surface area contributed by atoms with Crippen LogP contribution in [0.4, 0.5) is 8.78 Å². The average Bonchev–Trinajstić information content (AvgIpc) is 2.41. The van der Waals surface area contributed by atoms with Crippen molar-refractivity contribution in [2.24, 2.45) is 0 Å². The molecule has 0 spiro atoms. The third-order valence-corrected chi connectivity index (χ3v) is 4.74. The Morgan fingerprint density at radius 3 is 2.70 bits per heavy atom. The highest BCUT2D eigenvalue weighted by atomic mass is 32.2. The zero-order valence-electron chi connectivity index (χ0n) is 11.0.